The number of hydrogen-bond donors (Lipinski definition) is 11. The van der Waals surface area contributed by atoms with Gasteiger partial charge in [-0.15, -0.1) is 0 Å². The highest BCUT2D eigenvalue weighted by molar-refractivity contribution is 7.98. The molecule has 16 nitrogen and oxygen atoms in total. The molecule has 0 unspecified atom stereocenters. The van der Waals surface area contributed by atoms with Crippen LogP contribution in [0, 0.1) is 0 Å². The van der Waals surface area contributed by atoms with Crippen molar-refractivity contribution in [3.05, 3.63) is 65.7 Å². The minimum atomic E-state index is -1.02. The molecule has 0 aliphatic heterocycles. The van der Waals surface area contributed by atoms with Gasteiger partial charge in [-0.2, -0.15) is 11.8 Å². The number of rotatable bonds is 15. The lowest BCUT2D eigenvalue weighted by atomic mass is 10.1. The summed E-state index contributed by atoms with van der Waals surface area (Å²) in [5, 5.41) is 42.6. The standard InChI is InChI=1S/C9H11NO3.C9H11NO2.C6H14N4O2.C5H11NO2S/c10-8(9(12)13)5-6-1-3-7(11)4-2-6;10-8(9(11)12)6-7-4-2-1-3-5-7;7-4(5(11)12)2-1-3-10-6(8)9;1-9-3-2-4(6)5(7)8/h1-4,8,11H,5,10H2,(H,12,13);1-5,8H,6,10H2,(H,11,12);4H,1-3,7H2,(H,11,12)(H4,8,9,10);4H,2-3,6H2,1H3,(H,7,8)/t2*8-;2*4-/m0000/s1. The number of phenolic OH excluding ortho intramolecular Hbond substituents is 1. The Morgan fingerprint density at radius 2 is 1.09 bits per heavy atom. The summed E-state index contributed by atoms with van der Waals surface area (Å²) in [6, 6.07) is 12.5. The summed E-state index contributed by atoms with van der Waals surface area (Å²) >= 11 is 1.60. The second-order valence-electron chi connectivity index (χ2n) is 9.57. The van der Waals surface area contributed by atoms with Crippen molar-refractivity contribution < 1.29 is 44.7 Å². The number of benzene rings is 2. The van der Waals surface area contributed by atoms with Crippen LogP contribution in [-0.2, 0) is 32.0 Å². The molecule has 258 valence electrons. The van der Waals surface area contributed by atoms with Gasteiger partial charge in [-0.1, -0.05) is 42.5 Å². The number of carboxylic acids is 4. The van der Waals surface area contributed by atoms with Crippen LogP contribution in [0.2, 0.25) is 0 Å². The van der Waals surface area contributed by atoms with E-state index in [1.165, 1.54) is 12.1 Å². The Hall–Kier alpha value is -4.42. The highest BCUT2D eigenvalue weighted by Crippen LogP contribution is 2.10. The van der Waals surface area contributed by atoms with Crippen LogP contribution in [0.15, 0.2) is 59.6 Å². The molecule has 46 heavy (non-hydrogen) atoms. The molecular weight excluding hydrogens is 622 g/mol. The lowest BCUT2D eigenvalue weighted by Gasteiger charge is -2.05. The van der Waals surface area contributed by atoms with E-state index in [4.69, 9.17) is 59.9 Å². The van der Waals surface area contributed by atoms with Crippen molar-refractivity contribution in [2.45, 2.75) is 56.3 Å². The van der Waals surface area contributed by atoms with Crippen LogP contribution >= 0.6 is 11.8 Å². The summed E-state index contributed by atoms with van der Waals surface area (Å²) in [4.78, 5) is 44.7. The van der Waals surface area contributed by atoms with Gasteiger partial charge in [0.25, 0.3) is 0 Å². The van der Waals surface area contributed by atoms with E-state index in [0.717, 1.165) is 16.9 Å². The minimum absolute atomic E-state index is 0.0129. The first-order valence-electron chi connectivity index (χ1n) is 13.8. The van der Waals surface area contributed by atoms with E-state index in [1.807, 2.05) is 36.6 Å². The number of nitrogens with zero attached hydrogens (tertiary/aromatic N) is 1. The molecule has 0 aromatic heterocycles. The molecule has 0 saturated carbocycles. The summed E-state index contributed by atoms with van der Waals surface area (Å²) in [6.45, 7) is 0.420. The molecule has 0 saturated heterocycles. The summed E-state index contributed by atoms with van der Waals surface area (Å²) in [5.41, 5.74) is 32.9. The first kappa shape index (κ1) is 43.7. The summed E-state index contributed by atoms with van der Waals surface area (Å²) < 4.78 is 0. The van der Waals surface area contributed by atoms with Gasteiger partial charge in [-0.05, 0) is 67.4 Å². The zero-order chi connectivity index (χ0) is 35.7. The number of carboxylic acid groups (broad SMARTS) is 4. The number of aliphatic imine (C=N–C) groups is 1. The van der Waals surface area contributed by atoms with Crippen LogP contribution in [0.5, 0.6) is 5.75 Å². The van der Waals surface area contributed by atoms with Gasteiger partial charge in [0, 0.05) is 6.54 Å². The van der Waals surface area contributed by atoms with Crippen LogP contribution in [0.3, 0.4) is 0 Å². The van der Waals surface area contributed by atoms with Gasteiger partial charge in [0.2, 0.25) is 0 Å². The molecule has 4 atom stereocenters. The third-order valence-corrected chi connectivity index (χ3v) is 6.20. The number of nitrogens with two attached hydrogens (primary N) is 6. The van der Waals surface area contributed by atoms with E-state index >= 15 is 0 Å². The Morgan fingerprint density at radius 1 is 0.674 bits per heavy atom. The van der Waals surface area contributed by atoms with E-state index < -0.39 is 48.0 Å². The highest BCUT2D eigenvalue weighted by atomic mass is 32.2. The SMILES string of the molecule is CSCC[C@H](N)C(=O)O.NC(N)=NCCC[C@H](N)C(=O)O.N[C@@H](Cc1ccc(O)cc1)C(=O)O.N[C@@H](Cc1ccccc1)C(=O)O. The van der Waals surface area contributed by atoms with Crippen molar-refractivity contribution in [1.29, 1.82) is 0 Å². The number of hydrogen-bond acceptors (Lipinski definition) is 11. The van der Waals surface area contributed by atoms with Crippen LogP contribution in [0.25, 0.3) is 0 Å². The molecule has 0 aliphatic rings. The molecule has 17 N–H and O–H groups in total. The Labute approximate surface area is 271 Å². The predicted molar refractivity (Wildman–Crippen MR) is 177 cm³/mol. The number of guanidine groups is 1. The van der Waals surface area contributed by atoms with Gasteiger partial charge in [-0.3, -0.25) is 24.2 Å². The normalized spacial score (nSPS) is 12.5. The molecule has 2 rings (SSSR count). The predicted octanol–water partition coefficient (Wildman–Crippen LogP) is -0.409. The number of aliphatic carboxylic acids is 4. The van der Waals surface area contributed by atoms with Gasteiger partial charge < -0.3 is 59.9 Å². The molecule has 0 heterocycles. The third-order valence-electron chi connectivity index (χ3n) is 5.56. The van der Waals surface area contributed by atoms with Crippen molar-refractivity contribution in [3.8, 4) is 5.75 Å². The van der Waals surface area contributed by atoms with Crippen molar-refractivity contribution >= 4 is 41.6 Å². The quantitative estimate of drug-likeness (QED) is 0.0652. The Balaban J connectivity index is 0. The lowest BCUT2D eigenvalue weighted by Crippen LogP contribution is -2.32. The number of carbonyl (C=O) groups is 4. The Morgan fingerprint density at radius 3 is 1.48 bits per heavy atom. The van der Waals surface area contributed by atoms with Gasteiger partial charge >= 0.3 is 23.9 Å². The Bertz CT molecular complexity index is 1190. The third kappa shape index (κ3) is 25.0. The fourth-order valence-corrected chi connectivity index (χ4v) is 3.43. The maximum absolute atomic E-state index is 10.4. The van der Waals surface area contributed by atoms with Gasteiger partial charge in [0.05, 0.1) is 0 Å². The zero-order valence-corrected chi connectivity index (χ0v) is 26.5. The van der Waals surface area contributed by atoms with E-state index in [0.29, 0.717) is 32.2 Å². The van der Waals surface area contributed by atoms with Crippen molar-refractivity contribution in [2.75, 3.05) is 18.6 Å². The maximum atomic E-state index is 10.4. The molecule has 17 heteroatoms. The molecule has 0 aliphatic carbocycles. The van der Waals surface area contributed by atoms with Gasteiger partial charge in [0.1, 0.15) is 29.9 Å². The van der Waals surface area contributed by atoms with E-state index in [1.54, 1.807) is 23.9 Å². The second-order valence-corrected chi connectivity index (χ2v) is 10.6. The molecule has 2 aromatic rings. The van der Waals surface area contributed by atoms with Crippen molar-refractivity contribution in [1.82, 2.24) is 0 Å². The summed E-state index contributed by atoms with van der Waals surface area (Å²) in [6.07, 6.45) is 4.09. The zero-order valence-electron chi connectivity index (χ0n) is 25.6. The fourth-order valence-electron chi connectivity index (χ4n) is 2.94. The van der Waals surface area contributed by atoms with E-state index in [-0.39, 0.29) is 18.1 Å². The highest BCUT2D eigenvalue weighted by Gasteiger charge is 2.12. The molecule has 0 bridgehead atoms. The topological polar surface area (TPSA) is 338 Å². The van der Waals surface area contributed by atoms with Crippen LogP contribution in [-0.4, -0.2) is 98.1 Å². The number of aromatic hydroxyl groups is 1. The summed E-state index contributed by atoms with van der Waals surface area (Å²) in [7, 11) is 0. The molecule has 0 fully saturated rings. The van der Waals surface area contributed by atoms with Crippen molar-refractivity contribution in [3.63, 3.8) is 0 Å². The average molecular weight is 670 g/mol. The largest absolute Gasteiger partial charge is 0.508 e. The molecule has 0 spiro atoms. The fraction of sp³-hybridized carbons (Fsp3) is 0.414. The van der Waals surface area contributed by atoms with Crippen molar-refractivity contribution in [2.24, 2.45) is 39.4 Å². The van der Waals surface area contributed by atoms with Gasteiger partial charge in [0.15, 0.2) is 5.96 Å². The van der Waals surface area contributed by atoms with Crippen LogP contribution in [0.1, 0.15) is 30.4 Å². The monoisotopic (exact) mass is 669 g/mol. The Kier molecular flexibility index (Phi) is 24.6. The van der Waals surface area contributed by atoms with Gasteiger partial charge in [-0.25, -0.2) is 0 Å². The average Bonchev–Trinajstić information content (AvgIpc) is 3.00. The van der Waals surface area contributed by atoms with Crippen LogP contribution < -0.4 is 34.4 Å². The number of thioether (sulfide) groups is 1. The number of phenols is 1. The smallest absolute Gasteiger partial charge is 0.320 e. The lowest BCUT2D eigenvalue weighted by molar-refractivity contribution is -0.139. The molecule has 0 amide bonds. The summed E-state index contributed by atoms with van der Waals surface area (Å²) in [5.74, 6) is -2.91. The molecular formula is C29H47N7O9S. The maximum Gasteiger partial charge on any atom is 0.320 e. The second kappa shape index (κ2) is 25.9. The minimum Gasteiger partial charge on any atom is -0.508 e. The van der Waals surface area contributed by atoms with E-state index in [2.05, 4.69) is 4.99 Å². The first-order valence-corrected chi connectivity index (χ1v) is 15.2. The molecule has 0 radical (unpaired) electrons. The molecule has 2 aromatic carbocycles. The van der Waals surface area contributed by atoms with Crippen LogP contribution in [0.4, 0.5) is 0 Å². The first-order chi connectivity index (χ1) is 21.5. The van der Waals surface area contributed by atoms with E-state index in [9.17, 15) is 19.2 Å².